The number of rotatable bonds is 3. The molecule has 5 nitrogen and oxygen atoms in total. The topological polar surface area (TPSA) is 57.1 Å². The molecule has 1 unspecified atom stereocenters. The van der Waals surface area contributed by atoms with E-state index in [1.807, 2.05) is 66.7 Å². The molecule has 148 valence electrons. The molecule has 0 radical (unpaired) electrons. The molecule has 3 aromatic rings. The van der Waals surface area contributed by atoms with E-state index in [-0.39, 0.29) is 5.91 Å². The Morgan fingerprint density at radius 2 is 1.80 bits per heavy atom. The molecular formula is C23H17BrN4OS. The number of halogens is 1. The molecule has 0 aliphatic carbocycles. The second-order valence-corrected chi connectivity index (χ2v) is 8.78. The van der Waals surface area contributed by atoms with Gasteiger partial charge in [0.25, 0.3) is 5.91 Å². The van der Waals surface area contributed by atoms with Crippen molar-refractivity contribution in [2.75, 3.05) is 0 Å². The zero-order valence-corrected chi connectivity index (χ0v) is 18.2. The number of hydrogen-bond donors (Lipinski definition) is 1. The molecular weight excluding hydrogens is 460 g/mol. The number of para-hydroxylation sites is 1. The fourth-order valence-corrected chi connectivity index (χ4v) is 4.73. The normalized spacial score (nSPS) is 17.4. The third-order valence-corrected chi connectivity index (χ3v) is 6.31. The Bertz CT molecular complexity index is 1280. The van der Waals surface area contributed by atoms with Crippen LogP contribution in [0.3, 0.4) is 0 Å². The zero-order chi connectivity index (χ0) is 20.5. The van der Waals surface area contributed by atoms with E-state index in [0.717, 1.165) is 26.4 Å². The van der Waals surface area contributed by atoms with E-state index >= 15 is 0 Å². The van der Waals surface area contributed by atoms with Crippen molar-refractivity contribution in [3.8, 4) is 0 Å². The number of thioether (sulfide) groups is 1. The van der Waals surface area contributed by atoms with Gasteiger partial charge in [0.2, 0.25) is 0 Å². The molecule has 0 saturated carbocycles. The minimum absolute atomic E-state index is 0.164. The minimum Gasteiger partial charge on any atom is -0.298 e. The first kappa shape index (κ1) is 19.1. The number of hydrazone groups is 1. The molecule has 2 aliphatic rings. The highest BCUT2D eigenvalue weighted by molar-refractivity contribution is 9.10. The molecule has 0 fully saturated rings. The lowest BCUT2D eigenvalue weighted by molar-refractivity contribution is -0.116. The van der Waals surface area contributed by atoms with Crippen LogP contribution >= 0.6 is 27.7 Å². The standard InChI is InChI=1S/C23H17BrN4OS/c24-17-10-6-9-16(13-17)21-25-19-12-5-4-11-18(19)20-22(29)26-23(27-28(20)21)30-14-15-7-2-1-3-8-15/h1-13,21H,14H2,(H,26,27,29). The van der Waals surface area contributed by atoms with E-state index in [2.05, 4.69) is 33.4 Å². The number of benzene rings is 3. The van der Waals surface area contributed by atoms with Gasteiger partial charge in [-0.2, -0.15) is 0 Å². The van der Waals surface area contributed by atoms with Gasteiger partial charge in [0, 0.05) is 15.4 Å². The highest BCUT2D eigenvalue weighted by atomic mass is 79.9. The quantitative estimate of drug-likeness (QED) is 0.628. The smallest absolute Gasteiger partial charge is 0.276 e. The summed E-state index contributed by atoms with van der Waals surface area (Å²) in [6.07, 6.45) is -0.411. The van der Waals surface area contributed by atoms with Crippen molar-refractivity contribution in [3.05, 3.63) is 105 Å². The van der Waals surface area contributed by atoms with Gasteiger partial charge in [0.1, 0.15) is 5.70 Å². The average Bonchev–Trinajstić information content (AvgIpc) is 2.77. The molecule has 2 aliphatic heterocycles. The summed E-state index contributed by atoms with van der Waals surface area (Å²) in [5.41, 5.74) is 2.66. The number of fused-ring (bicyclic) bond motifs is 2. The van der Waals surface area contributed by atoms with Crippen molar-refractivity contribution in [2.24, 2.45) is 10.1 Å². The van der Waals surface area contributed by atoms with Gasteiger partial charge in [0.15, 0.2) is 11.3 Å². The first-order valence-corrected chi connectivity index (χ1v) is 11.3. The Morgan fingerprint density at radius 3 is 2.63 bits per heavy atom. The van der Waals surface area contributed by atoms with Crippen molar-refractivity contribution in [1.82, 2.24) is 10.3 Å². The maximum atomic E-state index is 13.1. The number of nitrogens with one attached hydrogen (secondary N) is 1. The Labute approximate surface area is 186 Å². The summed E-state index contributed by atoms with van der Waals surface area (Å²) in [5.74, 6) is 0.557. The molecule has 5 rings (SSSR count). The monoisotopic (exact) mass is 476 g/mol. The minimum atomic E-state index is -0.411. The number of hydrogen-bond acceptors (Lipinski definition) is 5. The van der Waals surface area contributed by atoms with E-state index in [1.165, 1.54) is 17.3 Å². The molecule has 1 atom stereocenters. The van der Waals surface area contributed by atoms with Gasteiger partial charge in [-0.25, -0.2) is 5.01 Å². The largest absolute Gasteiger partial charge is 0.298 e. The second-order valence-electron chi connectivity index (χ2n) is 6.90. The van der Waals surface area contributed by atoms with Crippen LogP contribution in [-0.4, -0.2) is 16.1 Å². The Kier molecular flexibility index (Phi) is 5.14. The molecule has 0 saturated heterocycles. The fourth-order valence-electron chi connectivity index (χ4n) is 3.50. The summed E-state index contributed by atoms with van der Waals surface area (Å²) in [6.45, 7) is 0. The van der Waals surface area contributed by atoms with Crippen LogP contribution in [-0.2, 0) is 10.5 Å². The van der Waals surface area contributed by atoms with E-state index in [0.29, 0.717) is 10.9 Å². The third-order valence-electron chi connectivity index (χ3n) is 4.88. The maximum Gasteiger partial charge on any atom is 0.276 e. The number of carbonyl (C=O) groups excluding carboxylic acids is 1. The first-order valence-electron chi connectivity index (χ1n) is 9.47. The number of nitrogens with zero attached hydrogens (tertiary/aromatic N) is 3. The molecule has 0 aromatic heterocycles. The summed E-state index contributed by atoms with van der Waals surface area (Å²) in [6, 6.07) is 25.8. The number of carbonyl (C=O) groups is 1. The highest BCUT2D eigenvalue weighted by Gasteiger charge is 2.34. The van der Waals surface area contributed by atoms with Crippen molar-refractivity contribution < 1.29 is 4.79 Å². The fraction of sp³-hybridized carbons (Fsp3) is 0.0870. The molecule has 0 bridgehead atoms. The van der Waals surface area contributed by atoms with E-state index in [1.54, 1.807) is 5.01 Å². The Hall–Kier alpha value is -2.90. The van der Waals surface area contributed by atoms with E-state index < -0.39 is 6.17 Å². The van der Waals surface area contributed by atoms with Gasteiger partial charge in [-0.15, -0.1) is 5.10 Å². The predicted molar refractivity (Wildman–Crippen MR) is 123 cm³/mol. The molecule has 1 amide bonds. The van der Waals surface area contributed by atoms with E-state index in [4.69, 9.17) is 10.1 Å². The molecule has 1 N–H and O–H groups in total. The maximum absolute atomic E-state index is 13.1. The average molecular weight is 477 g/mol. The third kappa shape index (κ3) is 3.66. The molecule has 7 heteroatoms. The SMILES string of the molecule is O=C1NC(SCc2ccccc2)=NN2C1=c1ccccc1=NC2c1cccc(Br)c1. The van der Waals surface area contributed by atoms with Crippen molar-refractivity contribution in [3.63, 3.8) is 0 Å². The second kappa shape index (κ2) is 8.08. The molecule has 2 heterocycles. The van der Waals surface area contributed by atoms with E-state index in [9.17, 15) is 4.79 Å². The van der Waals surface area contributed by atoms with Gasteiger partial charge in [-0.05, 0) is 29.3 Å². The van der Waals surface area contributed by atoms with Gasteiger partial charge < -0.3 is 0 Å². The van der Waals surface area contributed by atoms with Gasteiger partial charge >= 0.3 is 0 Å². The van der Waals surface area contributed by atoms with Gasteiger partial charge in [0.05, 0.1) is 5.36 Å². The van der Waals surface area contributed by atoms with Crippen molar-refractivity contribution in [2.45, 2.75) is 11.9 Å². The zero-order valence-electron chi connectivity index (χ0n) is 15.8. The van der Waals surface area contributed by atoms with Crippen LogP contribution in [0.25, 0.3) is 5.70 Å². The molecule has 0 spiro atoms. The van der Waals surface area contributed by atoms with Crippen LogP contribution in [0.1, 0.15) is 17.3 Å². The van der Waals surface area contributed by atoms with Gasteiger partial charge in [-0.3, -0.25) is 15.1 Å². The lowest BCUT2D eigenvalue weighted by atomic mass is 10.1. The van der Waals surface area contributed by atoms with Crippen LogP contribution in [0, 0.1) is 0 Å². The van der Waals surface area contributed by atoms with Crippen LogP contribution in [0.5, 0.6) is 0 Å². The summed E-state index contributed by atoms with van der Waals surface area (Å²) >= 11 is 5.04. The first-order chi connectivity index (χ1) is 14.7. The summed E-state index contributed by atoms with van der Waals surface area (Å²) in [5, 5.41) is 11.6. The summed E-state index contributed by atoms with van der Waals surface area (Å²) < 4.78 is 0.958. The van der Waals surface area contributed by atoms with Crippen LogP contribution in [0.4, 0.5) is 0 Å². The summed E-state index contributed by atoms with van der Waals surface area (Å²) in [7, 11) is 0. The van der Waals surface area contributed by atoms with Gasteiger partial charge in [-0.1, -0.05) is 88.4 Å². The number of amidine groups is 1. The Morgan fingerprint density at radius 1 is 1.00 bits per heavy atom. The predicted octanol–water partition coefficient (Wildman–Crippen LogP) is 3.53. The highest BCUT2D eigenvalue weighted by Crippen LogP contribution is 2.32. The lowest BCUT2D eigenvalue weighted by Crippen LogP contribution is -2.50. The van der Waals surface area contributed by atoms with Crippen molar-refractivity contribution in [1.29, 1.82) is 0 Å². The van der Waals surface area contributed by atoms with Crippen molar-refractivity contribution >= 4 is 44.5 Å². The van der Waals surface area contributed by atoms with Crippen LogP contribution < -0.4 is 15.9 Å². The summed E-state index contributed by atoms with van der Waals surface area (Å²) in [4.78, 5) is 18.0. The Balaban J connectivity index is 1.58. The molecule has 3 aromatic carbocycles. The number of amides is 1. The van der Waals surface area contributed by atoms with Crippen LogP contribution in [0.2, 0.25) is 0 Å². The molecule has 30 heavy (non-hydrogen) atoms. The lowest BCUT2D eigenvalue weighted by Gasteiger charge is -2.34. The van der Waals surface area contributed by atoms with Crippen LogP contribution in [0.15, 0.2) is 93.4 Å².